The van der Waals surface area contributed by atoms with E-state index >= 15 is 0 Å². The minimum Gasteiger partial charge on any atom is -0.351 e. The van der Waals surface area contributed by atoms with E-state index in [0.29, 0.717) is 13.1 Å². The average Bonchev–Trinajstić information content (AvgIpc) is 2.97. The zero-order chi connectivity index (χ0) is 15.7. The van der Waals surface area contributed by atoms with Gasteiger partial charge in [-0.2, -0.15) is 0 Å². The highest BCUT2D eigenvalue weighted by atomic mass is 79.9. The number of hydrogen-bond donors (Lipinski definition) is 1. The van der Waals surface area contributed by atoms with Gasteiger partial charge in [-0.25, -0.2) is 0 Å². The van der Waals surface area contributed by atoms with E-state index in [9.17, 15) is 4.79 Å². The third-order valence-corrected chi connectivity index (χ3v) is 5.13. The normalized spacial score (nSPS) is 11.0. The van der Waals surface area contributed by atoms with Crippen LogP contribution in [0, 0.1) is 6.92 Å². The fourth-order valence-electron chi connectivity index (χ4n) is 2.61. The second-order valence-electron chi connectivity index (χ2n) is 5.26. The van der Waals surface area contributed by atoms with Crippen molar-refractivity contribution in [1.82, 2.24) is 9.88 Å². The Hall–Kier alpha value is -1.59. The van der Waals surface area contributed by atoms with Crippen LogP contribution in [-0.4, -0.2) is 17.0 Å². The van der Waals surface area contributed by atoms with E-state index in [2.05, 4.69) is 63.1 Å². The predicted octanol–water partition coefficient (Wildman–Crippen LogP) is 4.57. The molecular formula is C17H17BrN2OS. The molecule has 0 saturated carbocycles. The Morgan fingerprint density at radius 2 is 2.14 bits per heavy atom. The number of carbonyl (C=O) groups excluding carboxylic acids is 1. The first kappa shape index (κ1) is 15.3. The lowest BCUT2D eigenvalue weighted by Crippen LogP contribution is -2.25. The van der Waals surface area contributed by atoms with Crippen LogP contribution in [-0.2, 0) is 6.54 Å². The number of nitrogens with zero attached hydrogens (tertiary/aromatic N) is 1. The number of aromatic nitrogens is 1. The molecule has 22 heavy (non-hydrogen) atoms. The van der Waals surface area contributed by atoms with Gasteiger partial charge in [-0.1, -0.05) is 29.8 Å². The van der Waals surface area contributed by atoms with E-state index in [1.54, 1.807) is 11.3 Å². The van der Waals surface area contributed by atoms with Crippen LogP contribution in [0.5, 0.6) is 0 Å². The van der Waals surface area contributed by atoms with Gasteiger partial charge in [0.1, 0.15) is 5.69 Å². The molecule has 0 fully saturated rings. The Labute approximate surface area is 142 Å². The second-order valence-corrected chi connectivity index (χ2v) is 7.73. The predicted molar refractivity (Wildman–Crippen MR) is 95.8 cm³/mol. The van der Waals surface area contributed by atoms with Gasteiger partial charge in [0, 0.05) is 13.1 Å². The highest BCUT2D eigenvalue weighted by molar-refractivity contribution is 9.11. The summed E-state index contributed by atoms with van der Waals surface area (Å²) in [6.07, 6.45) is 0. The number of rotatable bonds is 4. The molecule has 3 rings (SSSR count). The zero-order valence-corrected chi connectivity index (χ0v) is 14.9. The molecule has 0 aliphatic heterocycles. The summed E-state index contributed by atoms with van der Waals surface area (Å²) in [5.74, 6) is -0.0188. The van der Waals surface area contributed by atoms with Crippen molar-refractivity contribution in [3.05, 3.63) is 57.0 Å². The number of thiophene rings is 1. The van der Waals surface area contributed by atoms with E-state index < -0.39 is 0 Å². The minimum atomic E-state index is -0.0188. The third-order valence-electron chi connectivity index (χ3n) is 3.55. The molecule has 0 unspecified atom stereocenters. The molecule has 114 valence electrons. The van der Waals surface area contributed by atoms with E-state index in [4.69, 9.17) is 0 Å². The molecular weight excluding hydrogens is 360 g/mol. The number of amides is 1. The quantitative estimate of drug-likeness (QED) is 0.710. The smallest absolute Gasteiger partial charge is 0.267 e. The van der Waals surface area contributed by atoms with Crippen molar-refractivity contribution < 1.29 is 4.79 Å². The highest BCUT2D eigenvalue weighted by Crippen LogP contribution is 2.33. The number of fused-ring (bicyclic) bond motifs is 1. The Morgan fingerprint density at radius 1 is 1.32 bits per heavy atom. The van der Waals surface area contributed by atoms with Crippen LogP contribution >= 0.6 is 27.3 Å². The largest absolute Gasteiger partial charge is 0.351 e. The van der Waals surface area contributed by atoms with Gasteiger partial charge in [-0.15, -0.1) is 11.3 Å². The summed E-state index contributed by atoms with van der Waals surface area (Å²) >= 11 is 5.18. The fourth-order valence-corrected chi connectivity index (χ4v) is 4.18. The molecule has 5 heteroatoms. The SMILES string of the molecule is CCNC(=O)c1cc2sc(Br)cc2n1Cc1cccc(C)c1. The summed E-state index contributed by atoms with van der Waals surface area (Å²) in [6.45, 7) is 5.35. The lowest BCUT2D eigenvalue weighted by Gasteiger charge is -2.11. The van der Waals surface area contributed by atoms with E-state index in [1.165, 1.54) is 11.1 Å². The van der Waals surface area contributed by atoms with Crippen LogP contribution in [0.25, 0.3) is 10.2 Å². The maximum atomic E-state index is 12.3. The maximum absolute atomic E-state index is 12.3. The second kappa shape index (κ2) is 6.26. The number of nitrogens with one attached hydrogen (secondary N) is 1. The standard InChI is InChI=1S/C17H17BrN2OS/c1-3-19-17(21)14-8-15-13(9-16(18)22-15)20(14)10-12-6-4-5-11(2)7-12/h4-9H,3,10H2,1-2H3,(H,19,21). The Morgan fingerprint density at radius 3 is 2.86 bits per heavy atom. The maximum Gasteiger partial charge on any atom is 0.267 e. The summed E-state index contributed by atoms with van der Waals surface area (Å²) in [6, 6.07) is 12.5. The summed E-state index contributed by atoms with van der Waals surface area (Å²) in [7, 11) is 0. The summed E-state index contributed by atoms with van der Waals surface area (Å²) in [5, 5.41) is 2.90. The molecule has 1 aromatic carbocycles. The molecule has 0 bridgehead atoms. The molecule has 0 radical (unpaired) electrons. The number of halogens is 1. The fraction of sp³-hybridized carbons (Fsp3) is 0.235. The molecule has 2 heterocycles. The van der Waals surface area contributed by atoms with Gasteiger partial charge in [0.15, 0.2) is 0 Å². The minimum absolute atomic E-state index is 0.0188. The molecule has 3 nitrogen and oxygen atoms in total. The Bertz CT molecular complexity index is 834. The molecule has 0 aliphatic carbocycles. The van der Waals surface area contributed by atoms with Crippen molar-refractivity contribution >= 4 is 43.4 Å². The van der Waals surface area contributed by atoms with Gasteiger partial charge in [-0.3, -0.25) is 4.79 Å². The molecule has 0 aliphatic rings. The first-order valence-corrected chi connectivity index (χ1v) is 8.81. The van der Waals surface area contributed by atoms with Gasteiger partial charge >= 0.3 is 0 Å². The molecule has 0 atom stereocenters. The van der Waals surface area contributed by atoms with Crippen molar-refractivity contribution in [3.8, 4) is 0 Å². The van der Waals surface area contributed by atoms with E-state index in [1.807, 2.05) is 13.0 Å². The van der Waals surface area contributed by atoms with Crippen molar-refractivity contribution in [2.45, 2.75) is 20.4 Å². The van der Waals surface area contributed by atoms with Gasteiger partial charge in [0.05, 0.1) is 14.0 Å². The average molecular weight is 377 g/mol. The van der Waals surface area contributed by atoms with Crippen molar-refractivity contribution in [2.75, 3.05) is 6.54 Å². The zero-order valence-electron chi connectivity index (χ0n) is 12.5. The molecule has 2 aromatic heterocycles. The highest BCUT2D eigenvalue weighted by Gasteiger charge is 2.17. The molecule has 1 N–H and O–H groups in total. The molecule has 1 amide bonds. The Balaban J connectivity index is 2.08. The van der Waals surface area contributed by atoms with Crippen LogP contribution in [0.4, 0.5) is 0 Å². The lowest BCUT2D eigenvalue weighted by molar-refractivity contribution is 0.0947. The number of aryl methyl sites for hydroxylation is 1. The number of benzene rings is 1. The van der Waals surface area contributed by atoms with Crippen LogP contribution in [0.2, 0.25) is 0 Å². The first-order valence-electron chi connectivity index (χ1n) is 7.21. The van der Waals surface area contributed by atoms with E-state index in [0.717, 1.165) is 19.7 Å². The third kappa shape index (κ3) is 2.96. The van der Waals surface area contributed by atoms with Crippen LogP contribution < -0.4 is 5.32 Å². The van der Waals surface area contributed by atoms with Crippen LogP contribution in [0.15, 0.2) is 40.2 Å². The van der Waals surface area contributed by atoms with Crippen LogP contribution in [0.3, 0.4) is 0 Å². The van der Waals surface area contributed by atoms with Crippen LogP contribution in [0.1, 0.15) is 28.5 Å². The van der Waals surface area contributed by atoms with Gasteiger partial charge in [0.25, 0.3) is 5.91 Å². The summed E-state index contributed by atoms with van der Waals surface area (Å²) in [5.41, 5.74) is 4.24. The lowest BCUT2D eigenvalue weighted by atomic mass is 10.1. The number of carbonyl (C=O) groups is 1. The van der Waals surface area contributed by atoms with E-state index in [-0.39, 0.29) is 5.91 Å². The van der Waals surface area contributed by atoms with Crippen molar-refractivity contribution in [3.63, 3.8) is 0 Å². The van der Waals surface area contributed by atoms with Gasteiger partial charge < -0.3 is 9.88 Å². The summed E-state index contributed by atoms with van der Waals surface area (Å²) in [4.78, 5) is 12.3. The topological polar surface area (TPSA) is 34.0 Å². The number of hydrogen-bond acceptors (Lipinski definition) is 2. The monoisotopic (exact) mass is 376 g/mol. The van der Waals surface area contributed by atoms with Crippen molar-refractivity contribution in [2.24, 2.45) is 0 Å². The first-order chi connectivity index (χ1) is 10.6. The van der Waals surface area contributed by atoms with Crippen molar-refractivity contribution in [1.29, 1.82) is 0 Å². The van der Waals surface area contributed by atoms with Gasteiger partial charge in [-0.05, 0) is 47.5 Å². The molecule has 0 saturated heterocycles. The van der Waals surface area contributed by atoms with Gasteiger partial charge in [0.2, 0.25) is 0 Å². The molecule has 0 spiro atoms. The Kier molecular flexibility index (Phi) is 4.36. The summed E-state index contributed by atoms with van der Waals surface area (Å²) < 4.78 is 4.30. The molecule has 3 aromatic rings.